The van der Waals surface area contributed by atoms with E-state index < -0.39 is 0 Å². The van der Waals surface area contributed by atoms with Crippen LogP contribution in [0.3, 0.4) is 0 Å². The third-order valence-electron chi connectivity index (χ3n) is 3.11. The molecule has 1 aliphatic heterocycles. The average molecular weight is 247 g/mol. The Kier molecular flexibility index (Phi) is 2.51. The van der Waals surface area contributed by atoms with Gasteiger partial charge in [-0.15, -0.1) is 0 Å². The van der Waals surface area contributed by atoms with Crippen LogP contribution in [0.5, 0.6) is 0 Å². The van der Waals surface area contributed by atoms with Crippen LogP contribution in [0.25, 0.3) is 0 Å². The van der Waals surface area contributed by atoms with Crippen LogP contribution in [0.2, 0.25) is 0 Å². The van der Waals surface area contributed by atoms with Crippen molar-refractivity contribution < 1.29 is 9.47 Å². The Labute approximate surface area is 87.4 Å². The van der Waals surface area contributed by atoms with E-state index in [1.54, 1.807) is 0 Å². The van der Waals surface area contributed by atoms with Gasteiger partial charge in [0, 0.05) is 17.2 Å². The third kappa shape index (κ3) is 1.37. The van der Waals surface area contributed by atoms with Crippen molar-refractivity contribution in [2.24, 2.45) is 5.41 Å². The van der Waals surface area contributed by atoms with E-state index in [-0.39, 0.29) is 11.2 Å². The average Bonchev–Trinajstić information content (AvgIpc) is 2.65. The predicted molar refractivity (Wildman–Crippen MR) is 54.9 cm³/mol. The second-order valence-electron chi connectivity index (χ2n) is 3.91. The van der Waals surface area contributed by atoms with Crippen molar-refractivity contribution in [3.05, 3.63) is 12.2 Å². The van der Waals surface area contributed by atoms with Crippen LogP contribution in [0.4, 0.5) is 0 Å². The van der Waals surface area contributed by atoms with Gasteiger partial charge in [-0.3, -0.25) is 0 Å². The van der Waals surface area contributed by atoms with Gasteiger partial charge in [-0.2, -0.15) is 0 Å². The fourth-order valence-corrected chi connectivity index (χ4v) is 3.03. The van der Waals surface area contributed by atoms with E-state index in [1.807, 2.05) is 0 Å². The minimum Gasteiger partial charge on any atom is -0.346 e. The molecule has 0 radical (unpaired) electrons. The van der Waals surface area contributed by atoms with Crippen LogP contribution in [0.15, 0.2) is 12.2 Å². The highest BCUT2D eigenvalue weighted by atomic mass is 79.9. The normalized spacial score (nSPS) is 36.2. The zero-order valence-corrected chi connectivity index (χ0v) is 9.47. The summed E-state index contributed by atoms with van der Waals surface area (Å²) in [6.45, 7) is 3.68. The van der Waals surface area contributed by atoms with E-state index in [0.717, 1.165) is 31.4 Å². The second kappa shape index (κ2) is 3.37. The van der Waals surface area contributed by atoms with Gasteiger partial charge < -0.3 is 9.47 Å². The van der Waals surface area contributed by atoms with Gasteiger partial charge in [0.1, 0.15) is 0 Å². The first-order valence-corrected chi connectivity index (χ1v) is 5.86. The van der Waals surface area contributed by atoms with Crippen molar-refractivity contribution in [1.82, 2.24) is 0 Å². The van der Waals surface area contributed by atoms with E-state index in [9.17, 15) is 0 Å². The maximum atomic E-state index is 5.76. The summed E-state index contributed by atoms with van der Waals surface area (Å²) < 4.78 is 11.5. The molecule has 1 spiro atoms. The molecule has 0 aromatic rings. The molecule has 2 nitrogen and oxygen atoms in total. The molecule has 1 heterocycles. The van der Waals surface area contributed by atoms with Crippen LogP contribution >= 0.6 is 15.9 Å². The van der Waals surface area contributed by atoms with Gasteiger partial charge in [0.2, 0.25) is 0 Å². The lowest BCUT2D eigenvalue weighted by molar-refractivity contribution is -0.208. The molecule has 0 N–H and O–H groups in total. The minimum absolute atomic E-state index is 0.0486. The predicted octanol–water partition coefficient (Wildman–Crippen LogP) is 2.48. The van der Waals surface area contributed by atoms with Crippen molar-refractivity contribution in [3.63, 3.8) is 0 Å². The highest BCUT2D eigenvalue weighted by Gasteiger charge is 2.53. The summed E-state index contributed by atoms with van der Waals surface area (Å²) in [5.41, 5.74) is 0.0486. The van der Waals surface area contributed by atoms with Gasteiger partial charge in [-0.1, -0.05) is 35.0 Å². The molecular weight excluding hydrogens is 232 g/mol. The Morgan fingerprint density at radius 3 is 2.69 bits per heavy atom. The first-order chi connectivity index (χ1) is 6.22. The molecule has 0 amide bonds. The van der Waals surface area contributed by atoms with Gasteiger partial charge >= 0.3 is 0 Å². The topological polar surface area (TPSA) is 18.5 Å². The Hall–Kier alpha value is 0.140. The molecule has 0 bridgehead atoms. The zero-order valence-electron chi connectivity index (χ0n) is 7.88. The molecule has 2 aliphatic rings. The molecular formula is C10H15BrO2. The number of hydrogen-bond donors (Lipinski definition) is 0. The summed E-state index contributed by atoms with van der Waals surface area (Å²) in [5, 5.41) is 0.988. The molecule has 2 rings (SSSR count). The van der Waals surface area contributed by atoms with Crippen molar-refractivity contribution in [3.8, 4) is 0 Å². The molecule has 0 aromatic carbocycles. The maximum Gasteiger partial charge on any atom is 0.180 e. The molecule has 1 aliphatic carbocycles. The van der Waals surface area contributed by atoms with Crippen LogP contribution in [-0.2, 0) is 9.47 Å². The fourth-order valence-electron chi connectivity index (χ4n) is 2.21. The minimum atomic E-state index is -0.346. The third-order valence-corrected chi connectivity index (χ3v) is 3.51. The first kappa shape index (κ1) is 9.69. The van der Waals surface area contributed by atoms with Gasteiger partial charge in [0.25, 0.3) is 0 Å². The number of rotatable bonds is 2. The van der Waals surface area contributed by atoms with Crippen molar-refractivity contribution in [2.75, 3.05) is 18.5 Å². The molecule has 1 saturated heterocycles. The summed E-state index contributed by atoms with van der Waals surface area (Å²) in [7, 11) is 0. The summed E-state index contributed by atoms with van der Waals surface area (Å²) in [5.74, 6) is -0.346. The fraction of sp³-hybridized carbons (Fsp3) is 0.800. The lowest BCUT2D eigenvalue weighted by atomic mass is 9.81. The molecule has 1 atom stereocenters. The standard InChI is InChI=1S/C10H15BrO2/c1-9(5-6-11)3-2-4-10(9)12-7-8-13-10/h2-3H,4-8H2,1H3. The van der Waals surface area contributed by atoms with E-state index in [0.29, 0.717) is 0 Å². The lowest BCUT2D eigenvalue weighted by Crippen LogP contribution is -2.43. The number of ether oxygens (including phenoxy) is 2. The van der Waals surface area contributed by atoms with E-state index in [2.05, 4.69) is 35.0 Å². The highest BCUT2D eigenvalue weighted by Crippen LogP contribution is 2.49. The quantitative estimate of drug-likeness (QED) is 0.551. The van der Waals surface area contributed by atoms with Gasteiger partial charge in [0.15, 0.2) is 5.79 Å². The Morgan fingerprint density at radius 2 is 2.08 bits per heavy atom. The molecule has 1 fully saturated rings. The van der Waals surface area contributed by atoms with E-state index in [4.69, 9.17) is 9.47 Å². The smallest absolute Gasteiger partial charge is 0.180 e. The highest BCUT2D eigenvalue weighted by molar-refractivity contribution is 9.09. The van der Waals surface area contributed by atoms with Crippen LogP contribution in [0.1, 0.15) is 19.8 Å². The summed E-state index contributed by atoms with van der Waals surface area (Å²) in [6, 6.07) is 0. The SMILES string of the molecule is CC1(CCBr)C=CCC12OCCO2. The Balaban J connectivity index is 2.20. The van der Waals surface area contributed by atoms with Crippen molar-refractivity contribution in [2.45, 2.75) is 25.6 Å². The second-order valence-corrected chi connectivity index (χ2v) is 4.71. The largest absolute Gasteiger partial charge is 0.346 e. The van der Waals surface area contributed by atoms with Gasteiger partial charge in [0.05, 0.1) is 13.2 Å². The first-order valence-electron chi connectivity index (χ1n) is 4.74. The Morgan fingerprint density at radius 1 is 1.38 bits per heavy atom. The monoisotopic (exact) mass is 246 g/mol. The van der Waals surface area contributed by atoms with Crippen molar-refractivity contribution >= 4 is 15.9 Å². The number of hydrogen-bond acceptors (Lipinski definition) is 2. The molecule has 74 valence electrons. The molecule has 13 heavy (non-hydrogen) atoms. The lowest BCUT2D eigenvalue weighted by Gasteiger charge is -2.38. The number of alkyl halides is 1. The van der Waals surface area contributed by atoms with E-state index >= 15 is 0 Å². The van der Waals surface area contributed by atoms with Gasteiger partial charge in [-0.25, -0.2) is 0 Å². The van der Waals surface area contributed by atoms with Crippen LogP contribution in [0, 0.1) is 5.41 Å². The van der Waals surface area contributed by atoms with Crippen molar-refractivity contribution in [1.29, 1.82) is 0 Å². The Bertz CT molecular complexity index is 221. The maximum absolute atomic E-state index is 5.76. The summed E-state index contributed by atoms with van der Waals surface area (Å²) in [4.78, 5) is 0. The summed E-state index contributed by atoms with van der Waals surface area (Å²) in [6.07, 6.45) is 6.37. The van der Waals surface area contributed by atoms with E-state index in [1.165, 1.54) is 0 Å². The molecule has 3 heteroatoms. The zero-order chi connectivity index (χ0) is 9.36. The van der Waals surface area contributed by atoms with Crippen LogP contribution < -0.4 is 0 Å². The summed E-state index contributed by atoms with van der Waals surface area (Å²) >= 11 is 3.48. The molecule has 0 saturated carbocycles. The van der Waals surface area contributed by atoms with Crippen LogP contribution in [-0.4, -0.2) is 24.3 Å². The number of halogens is 1. The molecule has 0 aromatic heterocycles. The van der Waals surface area contributed by atoms with Gasteiger partial charge in [-0.05, 0) is 6.42 Å². The molecule has 1 unspecified atom stereocenters.